The number of rotatable bonds is 6. The van der Waals surface area contributed by atoms with Gasteiger partial charge in [-0.1, -0.05) is 13.0 Å². The highest BCUT2D eigenvalue weighted by Crippen LogP contribution is 2.30. The molecular weight excluding hydrogens is 266 g/mol. The molecule has 1 atom stereocenters. The smallest absolute Gasteiger partial charge is 0.221 e. The molecule has 5 heteroatoms. The summed E-state index contributed by atoms with van der Waals surface area (Å²) in [4.78, 5) is 0. The van der Waals surface area contributed by atoms with E-state index in [0.717, 1.165) is 41.5 Å². The van der Waals surface area contributed by atoms with E-state index in [9.17, 15) is 0 Å². The number of aromatic nitrogens is 2. The predicted molar refractivity (Wildman–Crippen MR) is 83.0 cm³/mol. The average molecular weight is 289 g/mol. The van der Waals surface area contributed by atoms with Gasteiger partial charge < -0.3 is 15.2 Å². The molecule has 114 valence electrons. The first kappa shape index (κ1) is 15.4. The van der Waals surface area contributed by atoms with E-state index in [1.807, 2.05) is 38.2 Å². The van der Waals surface area contributed by atoms with Gasteiger partial charge in [0.15, 0.2) is 0 Å². The van der Waals surface area contributed by atoms with Gasteiger partial charge in [-0.25, -0.2) is 4.68 Å². The van der Waals surface area contributed by atoms with Crippen LogP contribution in [-0.2, 0) is 13.5 Å². The number of hydrogen-bond donors (Lipinski definition) is 1. The molecule has 1 unspecified atom stereocenters. The Labute approximate surface area is 125 Å². The van der Waals surface area contributed by atoms with Crippen molar-refractivity contribution >= 4 is 0 Å². The molecule has 1 aromatic carbocycles. The molecule has 0 saturated heterocycles. The molecule has 0 aliphatic carbocycles. The van der Waals surface area contributed by atoms with Crippen molar-refractivity contribution in [3.05, 3.63) is 35.5 Å². The summed E-state index contributed by atoms with van der Waals surface area (Å²) in [6, 6.07) is 7.64. The minimum atomic E-state index is 0.112. The number of aryl methyl sites for hydroxylation is 2. The van der Waals surface area contributed by atoms with Crippen LogP contribution in [0.1, 0.15) is 24.6 Å². The Kier molecular flexibility index (Phi) is 4.85. The van der Waals surface area contributed by atoms with Gasteiger partial charge in [-0.05, 0) is 31.9 Å². The molecule has 21 heavy (non-hydrogen) atoms. The van der Waals surface area contributed by atoms with Gasteiger partial charge in [0.05, 0.1) is 12.8 Å². The number of nitrogens with two attached hydrogens (primary N) is 1. The van der Waals surface area contributed by atoms with E-state index in [2.05, 4.69) is 12.0 Å². The lowest BCUT2D eigenvalue weighted by atomic mass is 10.1. The van der Waals surface area contributed by atoms with E-state index in [4.69, 9.17) is 15.2 Å². The van der Waals surface area contributed by atoms with Crippen molar-refractivity contribution in [3.63, 3.8) is 0 Å². The summed E-state index contributed by atoms with van der Waals surface area (Å²) in [6.45, 7) is 4.06. The molecule has 0 aliphatic rings. The van der Waals surface area contributed by atoms with Gasteiger partial charge in [0.25, 0.3) is 0 Å². The summed E-state index contributed by atoms with van der Waals surface area (Å²) in [5.41, 5.74) is 8.10. The lowest BCUT2D eigenvalue weighted by molar-refractivity contribution is 0.400. The normalized spacial score (nSPS) is 12.2. The summed E-state index contributed by atoms with van der Waals surface area (Å²) in [7, 11) is 3.52. The van der Waals surface area contributed by atoms with Crippen molar-refractivity contribution in [3.8, 4) is 17.4 Å². The van der Waals surface area contributed by atoms with Gasteiger partial charge in [0.2, 0.25) is 5.88 Å². The number of hydrogen-bond acceptors (Lipinski definition) is 4. The second-order valence-corrected chi connectivity index (χ2v) is 5.15. The Morgan fingerprint density at radius 3 is 2.71 bits per heavy atom. The molecule has 2 aromatic rings. The van der Waals surface area contributed by atoms with Crippen LogP contribution in [0.4, 0.5) is 0 Å². The Balaban J connectivity index is 2.30. The molecule has 0 aliphatic heterocycles. The van der Waals surface area contributed by atoms with Gasteiger partial charge >= 0.3 is 0 Å². The van der Waals surface area contributed by atoms with Crippen LogP contribution in [-0.4, -0.2) is 22.9 Å². The fourth-order valence-corrected chi connectivity index (χ4v) is 2.23. The molecule has 1 heterocycles. The van der Waals surface area contributed by atoms with Crippen LogP contribution in [0.3, 0.4) is 0 Å². The Hall–Kier alpha value is -2.01. The topological polar surface area (TPSA) is 62.3 Å². The zero-order chi connectivity index (χ0) is 15.4. The third kappa shape index (κ3) is 3.55. The molecule has 5 nitrogen and oxygen atoms in total. The molecule has 0 radical (unpaired) electrons. The van der Waals surface area contributed by atoms with Crippen LogP contribution in [0.15, 0.2) is 24.3 Å². The fourth-order valence-electron chi connectivity index (χ4n) is 2.23. The van der Waals surface area contributed by atoms with E-state index in [0.29, 0.717) is 0 Å². The van der Waals surface area contributed by atoms with E-state index < -0.39 is 0 Å². The molecule has 0 fully saturated rings. The first-order chi connectivity index (χ1) is 10.0. The van der Waals surface area contributed by atoms with Crippen molar-refractivity contribution in [2.45, 2.75) is 32.7 Å². The summed E-state index contributed by atoms with van der Waals surface area (Å²) in [5, 5.41) is 4.44. The highest BCUT2D eigenvalue weighted by molar-refractivity contribution is 5.39. The monoisotopic (exact) mass is 289 g/mol. The summed E-state index contributed by atoms with van der Waals surface area (Å²) < 4.78 is 13.0. The fraction of sp³-hybridized carbons (Fsp3) is 0.438. The highest BCUT2D eigenvalue weighted by atomic mass is 16.5. The van der Waals surface area contributed by atoms with Crippen molar-refractivity contribution in [1.82, 2.24) is 9.78 Å². The van der Waals surface area contributed by atoms with Gasteiger partial charge in [0.1, 0.15) is 11.5 Å². The van der Waals surface area contributed by atoms with Crippen LogP contribution < -0.4 is 15.2 Å². The third-order valence-electron chi connectivity index (χ3n) is 3.54. The molecule has 2 N–H and O–H groups in total. The molecule has 1 aromatic heterocycles. The zero-order valence-electron chi connectivity index (χ0n) is 13.1. The third-order valence-corrected chi connectivity index (χ3v) is 3.54. The second-order valence-electron chi connectivity index (χ2n) is 5.15. The van der Waals surface area contributed by atoms with Gasteiger partial charge in [-0.2, -0.15) is 5.10 Å². The number of nitrogens with zero attached hydrogens (tertiary/aromatic N) is 2. The van der Waals surface area contributed by atoms with Crippen LogP contribution in [0, 0.1) is 6.92 Å². The first-order valence-electron chi connectivity index (χ1n) is 7.15. The van der Waals surface area contributed by atoms with Crippen LogP contribution >= 0.6 is 0 Å². The predicted octanol–water partition coefficient (Wildman–Crippen LogP) is 2.81. The first-order valence-corrected chi connectivity index (χ1v) is 7.15. The van der Waals surface area contributed by atoms with Gasteiger partial charge in [-0.15, -0.1) is 0 Å². The summed E-state index contributed by atoms with van der Waals surface area (Å²) in [5.74, 6) is 2.23. The maximum absolute atomic E-state index is 6.08. The number of ether oxygens (including phenoxy) is 2. The molecule has 2 rings (SSSR count). The molecule has 0 bridgehead atoms. The Morgan fingerprint density at radius 2 is 2.05 bits per heavy atom. The summed E-state index contributed by atoms with van der Waals surface area (Å²) in [6.07, 6.45) is 1.68. The Bertz CT molecular complexity index is 608. The maximum Gasteiger partial charge on any atom is 0.221 e. The average Bonchev–Trinajstić information content (AvgIpc) is 2.74. The number of methoxy groups -OCH3 is 1. The minimum Gasteiger partial charge on any atom is -0.497 e. The van der Waals surface area contributed by atoms with Crippen LogP contribution in [0.2, 0.25) is 0 Å². The largest absolute Gasteiger partial charge is 0.497 e. The lowest BCUT2D eigenvalue weighted by Crippen LogP contribution is -2.21. The minimum absolute atomic E-state index is 0.112. The lowest BCUT2D eigenvalue weighted by Gasteiger charge is -2.12. The maximum atomic E-state index is 6.08. The van der Waals surface area contributed by atoms with Crippen molar-refractivity contribution in [1.29, 1.82) is 0 Å². The zero-order valence-corrected chi connectivity index (χ0v) is 13.1. The molecule has 0 spiro atoms. The van der Waals surface area contributed by atoms with Crippen molar-refractivity contribution < 1.29 is 9.47 Å². The Morgan fingerprint density at radius 1 is 1.33 bits per heavy atom. The highest BCUT2D eigenvalue weighted by Gasteiger charge is 2.17. The van der Waals surface area contributed by atoms with Crippen LogP contribution in [0.25, 0.3) is 0 Å². The van der Waals surface area contributed by atoms with E-state index in [1.165, 1.54) is 0 Å². The van der Waals surface area contributed by atoms with Crippen molar-refractivity contribution in [2.75, 3.05) is 7.11 Å². The van der Waals surface area contributed by atoms with E-state index in [-0.39, 0.29) is 6.04 Å². The van der Waals surface area contributed by atoms with Crippen LogP contribution in [0.5, 0.6) is 17.4 Å². The van der Waals surface area contributed by atoms with Gasteiger partial charge in [0, 0.05) is 24.7 Å². The molecule has 0 saturated carbocycles. The summed E-state index contributed by atoms with van der Waals surface area (Å²) >= 11 is 0. The van der Waals surface area contributed by atoms with Gasteiger partial charge in [-0.3, -0.25) is 0 Å². The molecule has 0 amide bonds. The quantitative estimate of drug-likeness (QED) is 0.888. The molecular formula is C16H23N3O2. The second kappa shape index (κ2) is 6.63. The van der Waals surface area contributed by atoms with E-state index in [1.54, 1.807) is 11.8 Å². The SMILES string of the molecule is CCC(N)Cc1c(C)nn(C)c1Oc1cccc(OC)c1. The number of benzene rings is 1. The van der Waals surface area contributed by atoms with E-state index >= 15 is 0 Å². The van der Waals surface area contributed by atoms with Crippen molar-refractivity contribution in [2.24, 2.45) is 12.8 Å². The standard InChI is InChI=1S/C16H23N3O2/c1-5-12(17)9-15-11(2)18-19(3)16(15)21-14-8-6-7-13(10-14)20-4/h6-8,10,12H,5,9,17H2,1-4H3.